The number of carbonyl (C=O) groups is 1. The average Bonchev–Trinajstić information content (AvgIpc) is 2.80. The van der Waals surface area contributed by atoms with Crippen molar-refractivity contribution in [1.29, 1.82) is 0 Å². The smallest absolute Gasteiger partial charge is 0.222 e. The summed E-state index contributed by atoms with van der Waals surface area (Å²) in [7, 11) is 0. The quantitative estimate of drug-likeness (QED) is 0.462. The van der Waals surface area contributed by atoms with Crippen molar-refractivity contribution in [2.24, 2.45) is 0 Å². The number of hydrogen-bond donors (Lipinski definition) is 2. The maximum Gasteiger partial charge on any atom is 0.222 e. The van der Waals surface area contributed by atoms with Crippen molar-refractivity contribution in [1.82, 2.24) is 15.3 Å². The first-order chi connectivity index (χ1) is 14.7. The average molecular weight is 396 g/mol. The number of carbonyl (C=O) groups excluding carboxylic acids is 1. The lowest BCUT2D eigenvalue weighted by atomic mass is 10.1. The molecule has 5 nitrogen and oxygen atoms in total. The molecule has 0 saturated heterocycles. The molecule has 4 rings (SSSR count). The SMILES string of the molecule is C[C@H](NC(=O)CCNc1nc(-c2ccccc2)nc2ccccc12)c1ccccc1. The van der Waals surface area contributed by atoms with Gasteiger partial charge in [-0.05, 0) is 24.6 Å². The van der Waals surface area contributed by atoms with Crippen molar-refractivity contribution in [3.63, 3.8) is 0 Å². The van der Waals surface area contributed by atoms with E-state index in [4.69, 9.17) is 9.97 Å². The minimum atomic E-state index is -0.0248. The number of para-hydroxylation sites is 1. The monoisotopic (exact) mass is 396 g/mol. The highest BCUT2D eigenvalue weighted by Crippen LogP contribution is 2.24. The Morgan fingerprint density at radius 3 is 2.30 bits per heavy atom. The first-order valence-electron chi connectivity index (χ1n) is 10.1. The van der Waals surface area contributed by atoms with Gasteiger partial charge in [-0.2, -0.15) is 0 Å². The highest BCUT2D eigenvalue weighted by Gasteiger charge is 2.11. The van der Waals surface area contributed by atoms with Crippen LogP contribution < -0.4 is 10.6 Å². The summed E-state index contributed by atoms with van der Waals surface area (Å²) in [4.78, 5) is 21.8. The number of fused-ring (bicyclic) bond motifs is 1. The van der Waals surface area contributed by atoms with Crippen molar-refractivity contribution < 1.29 is 4.79 Å². The molecule has 2 N–H and O–H groups in total. The lowest BCUT2D eigenvalue weighted by Gasteiger charge is -2.15. The number of benzene rings is 3. The van der Waals surface area contributed by atoms with Gasteiger partial charge >= 0.3 is 0 Å². The van der Waals surface area contributed by atoms with E-state index in [0.29, 0.717) is 18.8 Å². The summed E-state index contributed by atoms with van der Waals surface area (Å²) in [5, 5.41) is 7.31. The molecule has 30 heavy (non-hydrogen) atoms. The maximum absolute atomic E-state index is 12.4. The number of aromatic nitrogens is 2. The van der Waals surface area contributed by atoms with Crippen LogP contribution in [-0.2, 0) is 4.79 Å². The zero-order valence-electron chi connectivity index (χ0n) is 16.9. The van der Waals surface area contributed by atoms with Gasteiger partial charge in [0.25, 0.3) is 0 Å². The van der Waals surface area contributed by atoms with E-state index in [-0.39, 0.29) is 11.9 Å². The van der Waals surface area contributed by atoms with Crippen molar-refractivity contribution >= 4 is 22.6 Å². The number of nitrogens with zero attached hydrogens (tertiary/aromatic N) is 2. The van der Waals surface area contributed by atoms with Gasteiger partial charge in [0.15, 0.2) is 5.82 Å². The Bertz CT molecular complexity index is 1130. The molecule has 0 spiro atoms. The van der Waals surface area contributed by atoms with Crippen LogP contribution in [0.2, 0.25) is 0 Å². The van der Waals surface area contributed by atoms with E-state index in [2.05, 4.69) is 10.6 Å². The van der Waals surface area contributed by atoms with Crippen LogP contribution in [0.25, 0.3) is 22.3 Å². The van der Waals surface area contributed by atoms with Crippen LogP contribution in [-0.4, -0.2) is 22.4 Å². The van der Waals surface area contributed by atoms with E-state index in [1.54, 1.807) is 0 Å². The number of nitrogens with one attached hydrogen (secondary N) is 2. The Labute approximate surface area is 176 Å². The van der Waals surface area contributed by atoms with E-state index in [9.17, 15) is 4.79 Å². The molecule has 1 aromatic heterocycles. The van der Waals surface area contributed by atoms with Crippen LogP contribution in [0, 0.1) is 0 Å². The summed E-state index contributed by atoms with van der Waals surface area (Å²) in [6.45, 7) is 2.48. The molecule has 0 saturated carbocycles. The Morgan fingerprint density at radius 1 is 0.867 bits per heavy atom. The summed E-state index contributed by atoms with van der Waals surface area (Å²) in [6.07, 6.45) is 0.357. The van der Waals surface area contributed by atoms with E-state index >= 15 is 0 Å². The molecule has 0 radical (unpaired) electrons. The van der Waals surface area contributed by atoms with Gasteiger partial charge in [-0.3, -0.25) is 4.79 Å². The zero-order valence-corrected chi connectivity index (χ0v) is 16.9. The summed E-state index contributed by atoms with van der Waals surface area (Å²) in [5.74, 6) is 1.41. The second-order valence-electron chi connectivity index (χ2n) is 7.16. The van der Waals surface area contributed by atoms with Gasteiger partial charge < -0.3 is 10.6 Å². The molecule has 3 aromatic carbocycles. The van der Waals surface area contributed by atoms with Crippen molar-refractivity contribution in [3.05, 3.63) is 90.5 Å². The molecule has 1 heterocycles. The summed E-state index contributed by atoms with van der Waals surface area (Å²) in [5.41, 5.74) is 2.92. The van der Waals surface area contributed by atoms with Crippen molar-refractivity contribution in [3.8, 4) is 11.4 Å². The van der Waals surface area contributed by atoms with E-state index in [1.807, 2.05) is 91.9 Å². The van der Waals surface area contributed by atoms with Crippen molar-refractivity contribution in [2.45, 2.75) is 19.4 Å². The van der Waals surface area contributed by atoms with Gasteiger partial charge in [0, 0.05) is 23.9 Å². The normalized spacial score (nSPS) is 11.8. The lowest BCUT2D eigenvalue weighted by Crippen LogP contribution is -2.28. The Kier molecular flexibility index (Phi) is 5.99. The molecule has 5 heteroatoms. The van der Waals surface area contributed by atoms with Crippen LogP contribution in [0.5, 0.6) is 0 Å². The third kappa shape index (κ3) is 4.63. The summed E-state index contributed by atoms with van der Waals surface area (Å²) in [6, 6.07) is 27.7. The molecule has 4 aromatic rings. The van der Waals surface area contributed by atoms with Gasteiger partial charge in [0.1, 0.15) is 5.82 Å². The molecule has 0 fully saturated rings. The molecule has 1 atom stereocenters. The fourth-order valence-corrected chi connectivity index (χ4v) is 3.36. The van der Waals surface area contributed by atoms with Crippen LogP contribution in [0.15, 0.2) is 84.9 Å². The first-order valence-corrected chi connectivity index (χ1v) is 10.1. The molecule has 0 aliphatic rings. The fraction of sp³-hybridized carbons (Fsp3) is 0.160. The van der Waals surface area contributed by atoms with E-state index < -0.39 is 0 Å². The summed E-state index contributed by atoms with van der Waals surface area (Å²) < 4.78 is 0. The van der Waals surface area contributed by atoms with Gasteiger partial charge in [-0.15, -0.1) is 0 Å². The highest BCUT2D eigenvalue weighted by molar-refractivity contribution is 5.90. The lowest BCUT2D eigenvalue weighted by molar-refractivity contribution is -0.121. The number of rotatable bonds is 7. The topological polar surface area (TPSA) is 66.9 Å². The Morgan fingerprint density at radius 2 is 1.53 bits per heavy atom. The third-order valence-corrected chi connectivity index (χ3v) is 4.96. The molecule has 0 bridgehead atoms. The zero-order chi connectivity index (χ0) is 20.8. The molecule has 0 unspecified atom stereocenters. The number of anilines is 1. The molecule has 0 aliphatic carbocycles. The van der Waals surface area contributed by atoms with Gasteiger partial charge in [-0.1, -0.05) is 72.8 Å². The standard InChI is InChI=1S/C25H24N4O/c1-18(19-10-4-2-5-11-19)27-23(30)16-17-26-25-21-14-8-9-15-22(21)28-24(29-25)20-12-6-3-7-13-20/h2-15,18H,16-17H2,1H3,(H,27,30)(H,26,28,29)/t18-/m0/s1. The fourth-order valence-electron chi connectivity index (χ4n) is 3.36. The minimum absolute atomic E-state index is 0.000461. The van der Waals surface area contributed by atoms with Crippen LogP contribution in [0.1, 0.15) is 24.9 Å². The molecule has 1 amide bonds. The second kappa shape index (κ2) is 9.18. The molecule has 150 valence electrons. The summed E-state index contributed by atoms with van der Waals surface area (Å²) >= 11 is 0. The van der Waals surface area contributed by atoms with E-state index in [1.165, 1.54) is 0 Å². The Hall–Kier alpha value is -3.73. The van der Waals surface area contributed by atoms with Gasteiger partial charge in [0.05, 0.1) is 11.6 Å². The predicted octanol–water partition coefficient (Wildman–Crippen LogP) is 4.98. The minimum Gasteiger partial charge on any atom is -0.369 e. The van der Waals surface area contributed by atoms with Crippen molar-refractivity contribution in [2.75, 3.05) is 11.9 Å². The van der Waals surface area contributed by atoms with E-state index in [0.717, 1.165) is 27.8 Å². The van der Waals surface area contributed by atoms with Crippen LogP contribution in [0.4, 0.5) is 5.82 Å². The third-order valence-electron chi connectivity index (χ3n) is 4.96. The van der Waals surface area contributed by atoms with Crippen LogP contribution >= 0.6 is 0 Å². The predicted molar refractivity (Wildman–Crippen MR) is 121 cm³/mol. The van der Waals surface area contributed by atoms with Gasteiger partial charge in [0.2, 0.25) is 5.91 Å². The molecule has 0 aliphatic heterocycles. The highest BCUT2D eigenvalue weighted by atomic mass is 16.1. The maximum atomic E-state index is 12.4. The largest absolute Gasteiger partial charge is 0.369 e. The van der Waals surface area contributed by atoms with Gasteiger partial charge in [-0.25, -0.2) is 9.97 Å². The first kappa shape index (κ1) is 19.6. The molecular formula is C25H24N4O. The number of amides is 1. The number of hydrogen-bond acceptors (Lipinski definition) is 4. The Balaban J connectivity index is 1.45. The molecular weight excluding hydrogens is 372 g/mol. The van der Waals surface area contributed by atoms with Crippen LogP contribution in [0.3, 0.4) is 0 Å². The second-order valence-corrected chi connectivity index (χ2v) is 7.16.